The normalized spacial score (nSPS) is 38.2. The van der Waals surface area contributed by atoms with E-state index >= 15 is 0 Å². The third-order valence-electron chi connectivity index (χ3n) is 6.36. The molecule has 2 saturated carbocycles. The summed E-state index contributed by atoms with van der Waals surface area (Å²) < 4.78 is 0. The first-order chi connectivity index (χ1) is 8.41. The van der Waals surface area contributed by atoms with Gasteiger partial charge in [0.1, 0.15) is 0 Å². The summed E-state index contributed by atoms with van der Waals surface area (Å²) in [7, 11) is 0. The van der Waals surface area contributed by atoms with Crippen molar-refractivity contribution >= 4 is 0 Å². The first kappa shape index (κ1) is 14.3. The van der Waals surface area contributed by atoms with Gasteiger partial charge in [-0.1, -0.05) is 26.7 Å². The number of hydrogen-bond donors (Lipinski definition) is 2. The average molecular weight is 253 g/mol. The lowest BCUT2D eigenvalue weighted by Gasteiger charge is -2.52. The van der Waals surface area contributed by atoms with Crippen LogP contribution in [0.15, 0.2) is 0 Å². The van der Waals surface area contributed by atoms with E-state index in [0.29, 0.717) is 6.54 Å². The van der Waals surface area contributed by atoms with E-state index < -0.39 is 5.60 Å². The van der Waals surface area contributed by atoms with E-state index in [9.17, 15) is 5.11 Å². The van der Waals surface area contributed by atoms with Crippen molar-refractivity contribution in [3.63, 3.8) is 0 Å². The van der Waals surface area contributed by atoms with Gasteiger partial charge in [0.25, 0.3) is 0 Å². The zero-order valence-electron chi connectivity index (χ0n) is 12.5. The quantitative estimate of drug-likeness (QED) is 0.788. The van der Waals surface area contributed by atoms with Gasteiger partial charge in [-0.3, -0.25) is 0 Å². The van der Waals surface area contributed by atoms with Crippen LogP contribution in [0, 0.1) is 16.7 Å². The molecule has 2 fully saturated rings. The van der Waals surface area contributed by atoms with Crippen LogP contribution in [0.1, 0.15) is 72.1 Å². The summed E-state index contributed by atoms with van der Waals surface area (Å²) in [5, 5.41) is 11.1. The molecule has 0 aliphatic heterocycles. The fourth-order valence-corrected chi connectivity index (χ4v) is 4.13. The summed E-state index contributed by atoms with van der Waals surface area (Å²) in [6.45, 7) is 7.22. The number of rotatable bonds is 5. The third-order valence-corrected chi connectivity index (χ3v) is 6.36. The fourth-order valence-electron chi connectivity index (χ4n) is 4.13. The lowest BCUT2D eigenvalue weighted by Crippen LogP contribution is -2.57. The predicted molar refractivity (Wildman–Crippen MR) is 76.3 cm³/mol. The molecule has 0 aromatic heterocycles. The van der Waals surface area contributed by atoms with Gasteiger partial charge in [0.05, 0.1) is 5.60 Å². The topological polar surface area (TPSA) is 46.2 Å². The Kier molecular flexibility index (Phi) is 3.81. The van der Waals surface area contributed by atoms with Gasteiger partial charge >= 0.3 is 0 Å². The Morgan fingerprint density at radius 1 is 1.22 bits per heavy atom. The highest BCUT2D eigenvalue weighted by molar-refractivity contribution is 5.13. The van der Waals surface area contributed by atoms with Gasteiger partial charge in [-0.05, 0) is 56.8 Å². The number of hydrogen-bond acceptors (Lipinski definition) is 2. The first-order valence-electron chi connectivity index (χ1n) is 7.83. The first-order valence-corrected chi connectivity index (χ1v) is 7.83. The summed E-state index contributed by atoms with van der Waals surface area (Å²) in [5.41, 5.74) is 5.63. The summed E-state index contributed by atoms with van der Waals surface area (Å²) in [5.74, 6) is 0.873. The smallest absolute Gasteiger partial charge is 0.0741 e. The maximum absolute atomic E-state index is 11.1. The minimum Gasteiger partial charge on any atom is -0.389 e. The molecule has 18 heavy (non-hydrogen) atoms. The molecule has 3 N–H and O–H groups in total. The molecule has 2 aliphatic rings. The molecule has 106 valence electrons. The molecule has 0 bridgehead atoms. The molecule has 0 radical (unpaired) electrons. The van der Waals surface area contributed by atoms with E-state index in [4.69, 9.17) is 5.73 Å². The minimum atomic E-state index is -0.577. The summed E-state index contributed by atoms with van der Waals surface area (Å²) >= 11 is 0. The highest BCUT2D eigenvalue weighted by Crippen LogP contribution is 2.62. The zero-order chi connectivity index (χ0) is 13.4. The second-order valence-corrected chi connectivity index (χ2v) is 7.35. The van der Waals surface area contributed by atoms with Crippen molar-refractivity contribution in [2.75, 3.05) is 6.54 Å². The van der Waals surface area contributed by atoms with Gasteiger partial charge in [0, 0.05) is 12.0 Å². The zero-order valence-corrected chi connectivity index (χ0v) is 12.5. The Hall–Kier alpha value is -0.0800. The Balaban J connectivity index is 2.09. The summed E-state index contributed by atoms with van der Waals surface area (Å²) in [6, 6.07) is 0. The van der Waals surface area contributed by atoms with Gasteiger partial charge in [0.15, 0.2) is 0 Å². The highest BCUT2D eigenvalue weighted by Gasteiger charge is 2.61. The molecule has 0 heterocycles. The van der Waals surface area contributed by atoms with Gasteiger partial charge in [0.2, 0.25) is 0 Å². The monoisotopic (exact) mass is 253 g/mol. The van der Waals surface area contributed by atoms with Crippen molar-refractivity contribution in [1.29, 1.82) is 0 Å². The van der Waals surface area contributed by atoms with Gasteiger partial charge in [-0.2, -0.15) is 0 Å². The molecule has 0 aromatic rings. The van der Waals surface area contributed by atoms with E-state index in [1.54, 1.807) is 0 Å². The average Bonchev–Trinajstić information content (AvgIpc) is 3.10. The standard InChI is InChI=1S/C16H31NO/c1-4-5-13-6-8-16(12-17,9-7-13)15(3,18)14(2)10-11-14/h13,18H,4-12,17H2,1-3H3. The maximum atomic E-state index is 11.1. The molecule has 2 aliphatic carbocycles. The SMILES string of the molecule is CCCC1CCC(CN)(C(C)(O)C2(C)CC2)CC1. The van der Waals surface area contributed by atoms with Crippen LogP contribution < -0.4 is 5.73 Å². The molecule has 2 rings (SSSR count). The largest absolute Gasteiger partial charge is 0.389 e. The van der Waals surface area contributed by atoms with Crippen LogP contribution in [0.25, 0.3) is 0 Å². The van der Waals surface area contributed by atoms with Crippen LogP contribution in [-0.2, 0) is 0 Å². The van der Waals surface area contributed by atoms with E-state index in [-0.39, 0.29) is 10.8 Å². The Bertz CT molecular complexity index is 285. The second kappa shape index (κ2) is 4.79. The molecule has 2 heteroatoms. The van der Waals surface area contributed by atoms with E-state index in [1.807, 2.05) is 0 Å². The Morgan fingerprint density at radius 2 is 1.78 bits per heavy atom. The van der Waals surface area contributed by atoms with Gasteiger partial charge in [-0.25, -0.2) is 0 Å². The molecule has 1 atom stereocenters. The molecular formula is C16H31NO. The second-order valence-electron chi connectivity index (χ2n) is 7.35. The van der Waals surface area contributed by atoms with Gasteiger partial charge in [-0.15, -0.1) is 0 Å². The maximum Gasteiger partial charge on any atom is 0.0741 e. The molecule has 0 amide bonds. The minimum absolute atomic E-state index is 0.0253. The fraction of sp³-hybridized carbons (Fsp3) is 1.00. The third kappa shape index (κ3) is 2.12. The van der Waals surface area contributed by atoms with Crippen LogP contribution in [-0.4, -0.2) is 17.3 Å². The van der Waals surface area contributed by atoms with Crippen molar-refractivity contribution in [2.45, 2.75) is 77.7 Å². The molecular weight excluding hydrogens is 222 g/mol. The van der Waals surface area contributed by atoms with Crippen molar-refractivity contribution in [3.05, 3.63) is 0 Å². The predicted octanol–water partition coefficient (Wildman–Crippen LogP) is 3.47. The lowest BCUT2D eigenvalue weighted by atomic mass is 9.57. The van der Waals surface area contributed by atoms with Crippen LogP contribution in [0.2, 0.25) is 0 Å². The van der Waals surface area contributed by atoms with Crippen LogP contribution in [0.5, 0.6) is 0 Å². The number of aliphatic hydroxyl groups is 1. The Morgan fingerprint density at radius 3 is 2.17 bits per heavy atom. The molecule has 1 unspecified atom stereocenters. The Labute approximate surface area is 112 Å². The van der Waals surface area contributed by atoms with Gasteiger partial charge < -0.3 is 10.8 Å². The van der Waals surface area contributed by atoms with Crippen LogP contribution >= 0.6 is 0 Å². The van der Waals surface area contributed by atoms with E-state index in [0.717, 1.165) is 18.8 Å². The highest BCUT2D eigenvalue weighted by atomic mass is 16.3. The lowest BCUT2D eigenvalue weighted by molar-refractivity contribution is -0.136. The van der Waals surface area contributed by atoms with Crippen molar-refractivity contribution in [1.82, 2.24) is 0 Å². The van der Waals surface area contributed by atoms with Crippen LogP contribution in [0.4, 0.5) is 0 Å². The molecule has 0 saturated heterocycles. The van der Waals surface area contributed by atoms with Crippen molar-refractivity contribution in [2.24, 2.45) is 22.5 Å². The summed E-state index contributed by atoms with van der Waals surface area (Å²) in [4.78, 5) is 0. The van der Waals surface area contributed by atoms with E-state index in [2.05, 4.69) is 20.8 Å². The van der Waals surface area contributed by atoms with Crippen molar-refractivity contribution in [3.8, 4) is 0 Å². The molecule has 2 nitrogen and oxygen atoms in total. The van der Waals surface area contributed by atoms with E-state index in [1.165, 1.54) is 38.5 Å². The molecule has 0 aromatic carbocycles. The van der Waals surface area contributed by atoms with Crippen LogP contribution in [0.3, 0.4) is 0 Å². The summed E-state index contributed by atoms with van der Waals surface area (Å²) in [6.07, 6.45) is 9.73. The van der Waals surface area contributed by atoms with Crippen molar-refractivity contribution < 1.29 is 5.11 Å². The number of nitrogens with two attached hydrogens (primary N) is 1. The molecule has 0 spiro atoms.